The normalized spacial score (nSPS) is 10.6. The number of carbonyl (C=O) groups is 1. The minimum absolute atomic E-state index is 0.178. The monoisotopic (exact) mass is 369 g/mol. The van der Waals surface area contributed by atoms with Gasteiger partial charge in [-0.2, -0.15) is 0 Å². The molecule has 0 unspecified atom stereocenters. The van der Waals surface area contributed by atoms with E-state index in [1.54, 1.807) is 18.2 Å². The molecular weight excluding hydrogens is 361 g/mol. The minimum Gasteiger partial charge on any atom is -0.296 e. The predicted molar refractivity (Wildman–Crippen MR) is 91.4 cm³/mol. The smallest absolute Gasteiger partial charge is 0.267 e. The number of rotatable bonds is 4. The summed E-state index contributed by atoms with van der Waals surface area (Å²) in [6.07, 6.45) is 0.544. The number of amides is 1. The zero-order valence-corrected chi connectivity index (χ0v) is 14.2. The summed E-state index contributed by atoms with van der Waals surface area (Å²) in [4.78, 5) is 12.6. The molecule has 3 rings (SSSR count). The van der Waals surface area contributed by atoms with Crippen molar-refractivity contribution in [3.8, 4) is 0 Å². The van der Waals surface area contributed by atoms with Gasteiger partial charge in [0.2, 0.25) is 5.13 Å². The van der Waals surface area contributed by atoms with Crippen LogP contribution in [0.1, 0.15) is 20.2 Å². The van der Waals surface area contributed by atoms with Gasteiger partial charge in [0.1, 0.15) is 5.01 Å². The van der Waals surface area contributed by atoms with Crippen molar-refractivity contribution in [3.63, 3.8) is 0 Å². The molecule has 2 heterocycles. The number of nitrogens with one attached hydrogen (secondary N) is 1. The van der Waals surface area contributed by atoms with E-state index in [1.165, 1.54) is 22.7 Å². The maximum absolute atomic E-state index is 11.9. The highest BCUT2D eigenvalue weighted by molar-refractivity contribution is 7.15. The molecule has 22 heavy (non-hydrogen) atoms. The molecule has 0 aliphatic carbocycles. The lowest BCUT2D eigenvalue weighted by Gasteiger charge is -2.01. The second-order valence-corrected chi connectivity index (χ2v) is 7.20. The average Bonchev–Trinajstić information content (AvgIpc) is 3.13. The van der Waals surface area contributed by atoms with Crippen molar-refractivity contribution < 1.29 is 4.79 Å². The van der Waals surface area contributed by atoms with Crippen LogP contribution in [0.15, 0.2) is 35.7 Å². The first-order chi connectivity index (χ1) is 10.6. The maximum Gasteiger partial charge on any atom is 0.267 e. The van der Waals surface area contributed by atoms with E-state index in [-0.39, 0.29) is 5.91 Å². The standard InChI is InChI=1S/C14H9Cl2N3OS2/c15-9-4-3-8(10(16)7-9)6-12-18-19-14(22-12)17-13(20)11-2-1-5-21-11/h1-5,7H,6H2,(H,17,19,20). The molecule has 2 aromatic heterocycles. The van der Waals surface area contributed by atoms with Crippen LogP contribution in [0.2, 0.25) is 10.0 Å². The molecule has 0 aliphatic rings. The number of halogens is 2. The van der Waals surface area contributed by atoms with Gasteiger partial charge in [0.25, 0.3) is 5.91 Å². The van der Waals surface area contributed by atoms with Gasteiger partial charge in [0.15, 0.2) is 0 Å². The number of thiophene rings is 1. The number of nitrogens with zero attached hydrogens (tertiary/aromatic N) is 2. The highest BCUT2D eigenvalue weighted by Crippen LogP contribution is 2.26. The number of anilines is 1. The Morgan fingerprint density at radius 3 is 2.82 bits per heavy atom. The Hall–Kier alpha value is -1.47. The number of benzene rings is 1. The summed E-state index contributed by atoms with van der Waals surface area (Å²) in [5.74, 6) is -0.178. The van der Waals surface area contributed by atoms with Crippen LogP contribution in [-0.2, 0) is 6.42 Å². The molecule has 0 aliphatic heterocycles. The van der Waals surface area contributed by atoms with E-state index < -0.39 is 0 Å². The first-order valence-corrected chi connectivity index (χ1v) is 8.68. The van der Waals surface area contributed by atoms with Crippen molar-refractivity contribution in [2.45, 2.75) is 6.42 Å². The predicted octanol–water partition coefficient (Wildman–Crippen LogP) is 4.75. The van der Waals surface area contributed by atoms with Gasteiger partial charge in [-0.3, -0.25) is 10.1 Å². The van der Waals surface area contributed by atoms with E-state index in [4.69, 9.17) is 23.2 Å². The molecule has 1 aromatic carbocycles. The number of hydrogen-bond donors (Lipinski definition) is 1. The van der Waals surface area contributed by atoms with Crippen LogP contribution in [0.5, 0.6) is 0 Å². The summed E-state index contributed by atoms with van der Waals surface area (Å²) in [6.45, 7) is 0. The summed E-state index contributed by atoms with van der Waals surface area (Å²) in [5, 5.41) is 15.1. The second kappa shape index (κ2) is 6.75. The topological polar surface area (TPSA) is 54.9 Å². The van der Waals surface area contributed by atoms with Crippen LogP contribution in [-0.4, -0.2) is 16.1 Å². The van der Waals surface area contributed by atoms with Crippen molar-refractivity contribution >= 4 is 56.9 Å². The van der Waals surface area contributed by atoms with Crippen molar-refractivity contribution in [2.24, 2.45) is 0 Å². The minimum atomic E-state index is -0.178. The van der Waals surface area contributed by atoms with Crippen LogP contribution in [0.25, 0.3) is 0 Å². The van der Waals surface area contributed by atoms with Gasteiger partial charge in [0, 0.05) is 16.5 Å². The lowest BCUT2D eigenvalue weighted by molar-refractivity contribution is 0.103. The maximum atomic E-state index is 11.9. The van der Waals surface area contributed by atoms with Crippen molar-refractivity contribution in [1.29, 1.82) is 0 Å². The van der Waals surface area contributed by atoms with E-state index in [9.17, 15) is 4.79 Å². The third kappa shape index (κ3) is 3.64. The molecule has 0 radical (unpaired) electrons. The highest BCUT2D eigenvalue weighted by atomic mass is 35.5. The van der Waals surface area contributed by atoms with Crippen molar-refractivity contribution in [1.82, 2.24) is 10.2 Å². The third-order valence-corrected chi connectivity index (χ3v) is 5.08. The molecule has 0 spiro atoms. The van der Waals surface area contributed by atoms with Crippen molar-refractivity contribution in [3.05, 3.63) is 61.2 Å². The third-order valence-electron chi connectivity index (χ3n) is 2.79. The van der Waals surface area contributed by atoms with Gasteiger partial charge in [-0.05, 0) is 29.1 Å². The fraction of sp³-hybridized carbons (Fsp3) is 0.0714. The van der Waals surface area contributed by atoms with Crippen LogP contribution >= 0.6 is 45.9 Å². The molecule has 0 atom stereocenters. The van der Waals surface area contributed by atoms with Gasteiger partial charge in [-0.1, -0.05) is 46.7 Å². The molecule has 3 aromatic rings. The molecular formula is C14H9Cl2N3OS2. The number of aromatic nitrogens is 2. The zero-order valence-electron chi connectivity index (χ0n) is 11.0. The molecule has 1 N–H and O–H groups in total. The SMILES string of the molecule is O=C(Nc1nnc(Cc2ccc(Cl)cc2Cl)s1)c1cccs1. The summed E-state index contributed by atoms with van der Waals surface area (Å²) in [7, 11) is 0. The quantitative estimate of drug-likeness (QED) is 0.721. The number of hydrogen-bond acceptors (Lipinski definition) is 5. The van der Waals surface area contributed by atoms with Crippen molar-refractivity contribution in [2.75, 3.05) is 5.32 Å². The van der Waals surface area contributed by atoms with Gasteiger partial charge >= 0.3 is 0 Å². The van der Waals surface area contributed by atoms with E-state index in [1.807, 2.05) is 17.5 Å². The Morgan fingerprint density at radius 2 is 2.09 bits per heavy atom. The average molecular weight is 370 g/mol. The lowest BCUT2D eigenvalue weighted by Crippen LogP contribution is -2.09. The molecule has 0 bridgehead atoms. The molecule has 0 saturated heterocycles. The van der Waals surface area contributed by atoms with Crippen LogP contribution < -0.4 is 5.32 Å². The number of carbonyl (C=O) groups excluding carboxylic acids is 1. The van der Waals surface area contributed by atoms with Gasteiger partial charge in [-0.25, -0.2) is 0 Å². The van der Waals surface area contributed by atoms with Gasteiger partial charge in [-0.15, -0.1) is 21.5 Å². The molecule has 1 amide bonds. The first kappa shape index (κ1) is 15.4. The Kier molecular flexibility index (Phi) is 4.73. The van der Waals surface area contributed by atoms with E-state index in [0.717, 1.165) is 10.6 Å². The Morgan fingerprint density at radius 1 is 1.23 bits per heavy atom. The van der Waals surface area contributed by atoms with Crippen LogP contribution in [0, 0.1) is 0 Å². The van der Waals surface area contributed by atoms with E-state index in [0.29, 0.717) is 26.5 Å². The fourth-order valence-electron chi connectivity index (χ4n) is 1.77. The molecule has 4 nitrogen and oxygen atoms in total. The highest BCUT2D eigenvalue weighted by Gasteiger charge is 2.12. The largest absolute Gasteiger partial charge is 0.296 e. The van der Waals surface area contributed by atoms with Crippen LogP contribution in [0.3, 0.4) is 0 Å². The summed E-state index contributed by atoms with van der Waals surface area (Å²) in [5.41, 5.74) is 0.915. The summed E-state index contributed by atoms with van der Waals surface area (Å²) >= 11 is 14.7. The molecule has 8 heteroatoms. The van der Waals surface area contributed by atoms with E-state index in [2.05, 4.69) is 15.5 Å². The van der Waals surface area contributed by atoms with E-state index >= 15 is 0 Å². The molecule has 112 valence electrons. The molecule has 0 saturated carbocycles. The zero-order chi connectivity index (χ0) is 15.5. The Balaban J connectivity index is 1.70. The lowest BCUT2D eigenvalue weighted by atomic mass is 10.2. The first-order valence-electron chi connectivity index (χ1n) is 6.23. The summed E-state index contributed by atoms with van der Waals surface area (Å²) in [6, 6.07) is 8.92. The summed E-state index contributed by atoms with van der Waals surface area (Å²) < 4.78 is 0. The Bertz CT molecular complexity index is 802. The molecule has 0 fully saturated rings. The Labute approximate surface area is 144 Å². The van der Waals surface area contributed by atoms with Crippen LogP contribution in [0.4, 0.5) is 5.13 Å². The van der Waals surface area contributed by atoms with Gasteiger partial charge < -0.3 is 0 Å². The fourth-order valence-corrected chi connectivity index (χ4v) is 3.62. The second-order valence-electron chi connectivity index (χ2n) is 4.34. The van der Waals surface area contributed by atoms with Gasteiger partial charge in [0.05, 0.1) is 4.88 Å².